The molecule has 0 bridgehead atoms. The number of alkyl halides is 1. The van der Waals surface area contributed by atoms with E-state index >= 15 is 0 Å². The van der Waals surface area contributed by atoms with Crippen molar-refractivity contribution in [1.29, 1.82) is 0 Å². The molecule has 0 radical (unpaired) electrons. The lowest BCUT2D eigenvalue weighted by Gasteiger charge is -2.20. The van der Waals surface area contributed by atoms with E-state index in [-0.39, 0.29) is 6.04 Å². The predicted molar refractivity (Wildman–Crippen MR) is 85.1 cm³/mol. The van der Waals surface area contributed by atoms with E-state index in [1.165, 1.54) is 5.56 Å². The molecule has 1 aliphatic carbocycles. The van der Waals surface area contributed by atoms with Crippen molar-refractivity contribution in [1.82, 2.24) is 0 Å². The molecule has 2 unspecified atom stereocenters. The Balaban J connectivity index is 1.81. The topological polar surface area (TPSA) is 12.4 Å². The van der Waals surface area contributed by atoms with E-state index in [9.17, 15) is 4.39 Å². The molecule has 1 heterocycles. The first-order chi connectivity index (χ1) is 9.55. The zero-order valence-corrected chi connectivity index (χ0v) is 13.0. The molecule has 3 rings (SSSR count). The van der Waals surface area contributed by atoms with Crippen molar-refractivity contribution in [2.75, 3.05) is 0 Å². The summed E-state index contributed by atoms with van der Waals surface area (Å²) >= 11 is 3.58. The third kappa shape index (κ3) is 2.78. The lowest BCUT2D eigenvalue weighted by molar-refractivity contribution is 0.258. The van der Waals surface area contributed by atoms with Crippen molar-refractivity contribution in [2.45, 2.75) is 37.9 Å². The van der Waals surface area contributed by atoms with Gasteiger partial charge >= 0.3 is 0 Å². The smallest absolute Gasteiger partial charge is 0.130 e. The Morgan fingerprint density at radius 1 is 1.35 bits per heavy atom. The van der Waals surface area contributed by atoms with Crippen molar-refractivity contribution in [3.63, 3.8) is 0 Å². The molecule has 2 aliphatic rings. The number of hydrogen-bond donors (Lipinski definition) is 0. The first kappa shape index (κ1) is 13.7. The molecule has 20 heavy (non-hydrogen) atoms. The Morgan fingerprint density at radius 2 is 2.15 bits per heavy atom. The maximum absolute atomic E-state index is 13.8. The van der Waals surface area contributed by atoms with Crippen LogP contribution in [-0.4, -0.2) is 17.4 Å². The number of rotatable bonds is 2. The summed E-state index contributed by atoms with van der Waals surface area (Å²) in [5.74, 6) is 0. The van der Waals surface area contributed by atoms with Crippen LogP contribution in [0.15, 0.2) is 57.5 Å². The second kappa shape index (κ2) is 5.28. The number of allylic oxidation sites excluding steroid dienone is 2. The molecular weight excluding hydrogens is 317 g/mol. The first-order valence-corrected chi connectivity index (χ1v) is 7.74. The predicted octanol–water partition coefficient (Wildman–Crippen LogP) is 5.02. The summed E-state index contributed by atoms with van der Waals surface area (Å²) in [6.45, 7) is 1.61. The van der Waals surface area contributed by atoms with Gasteiger partial charge in [-0.05, 0) is 37.5 Å². The Kier molecular flexibility index (Phi) is 3.63. The lowest BCUT2D eigenvalue weighted by atomic mass is 9.91. The molecule has 1 aromatic rings. The van der Waals surface area contributed by atoms with Gasteiger partial charge in [0.15, 0.2) is 0 Å². The molecule has 104 valence electrons. The highest BCUT2D eigenvalue weighted by Gasteiger charge is 2.26. The molecular formula is C17H17BrFN. The maximum atomic E-state index is 13.8. The van der Waals surface area contributed by atoms with Crippen molar-refractivity contribution in [3.8, 4) is 0 Å². The van der Waals surface area contributed by atoms with Crippen molar-refractivity contribution in [3.05, 3.63) is 58.1 Å². The Labute approximate surface area is 127 Å². The highest BCUT2D eigenvalue weighted by atomic mass is 79.9. The summed E-state index contributed by atoms with van der Waals surface area (Å²) in [4.78, 5) is 4.84. The third-order valence-corrected chi connectivity index (χ3v) is 4.59. The van der Waals surface area contributed by atoms with Gasteiger partial charge < -0.3 is 0 Å². The largest absolute Gasteiger partial charge is 0.281 e. The minimum atomic E-state index is -1.20. The summed E-state index contributed by atoms with van der Waals surface area (Å²) in [7, 11) is 0. The number of hydrogen-bond acceptors (Lipinski definition) is 1. The van der Waals surface area contributed by atoms with E-state index in [1.807, 2.05) is 30.4 Å². The molecule has 0 spiro atoms. The highest BCUT2D eigenvalue weighted by Crippen LogP contribution is 2.32. The van der Waals surface area contributed by atoms with Crippen LogP contribution in [0.2, 0.25) is 0 Å². The monoisotopic (exact) mass is 333 g/mol. The van der Waals surface area contributed by atoms with Crippen LogP contribution >= 0.6 is 15.9 Å². The zero-order chi connectivity index (χ0) is 14.2. The summed E-state index contributed by atoms with van der Waals surface area (Å²) in [6.07, 6.45) is 8.00. The van der Waals surface area contributed by atoms with Gasteiger partial charge in [0.2, 0.25) is 0 Å². The first-order valence-electron chi connectivity index (χ1n) is 6.95. The van der Waals surface area contributed by atoms with E-state index in [1.54, 1.807) is 13.0 Å². The maximum Gasteiger partial charge on any atom is 0.130 e. The third-order valence-electron chi connectivity index (χ3n) is 3.90. The van der Waals surface area contributed by atoms with E-state index in [2.05, 4.69) is 22.0 Å². The molecule has 1 aliphatic heterocycles. The minimum absolute atomic E-state index is 0.185. The van der Waals surface area contributed by atoms with Crippen LogP contribution in [0, 0.1) is 0 Å². The van der Waals surface area contributed by atoms with Crippen LogP contribution in [0.3, 0.4) is 0 Å². The number of aliphatic imine (C=N–C) groups is 1. The summed E-state index contributed by atoms with van der Waals surface area (Å²) < 4.78 is 14.8. The minimum Gasteiger partial charge on any atom is -0.281 e. The molecule has 0 fully saturated rings. The van der Waals surface area contributed by atoms with Gasteiger partial charge in [-0.3, -0.25) is 4.99 Å². The molecule has 1 aromatic carbocycles. The molecule has 1 nitrogen and oxygen atoms in total. The van der Waals surface area contributed by atoms with Gasteiger partial charge in [-0.25, -0.2) is 4.39 Å². The average Bonchev–Trinajstić information content (AvgIpc) is 2.88. The van der Waals surface area contributed by atoms with Gasteiger partial charge in [0.25, 0.3) is 0 Å². The van der Waals surface area contributed by atoms with Gasteiger partial charge in [-0.1, -0.05) is 46.3 Å². The fourth-order valence-corrected chi connectivity index (χ4v) is 3.22. The fourth-order valence-electron chi connectivity index (χ4n) is 2.70. The van der Waals surface area contributed by atoms with Gasteiger partial charge in [0, 0.05) is 22.2 Å². The van der Waals surface area contributed by atoms with Gasteiger partial charge in [0.05, 0.1) is 6.04 Å². The standard InChI is InChI=1S/C17H17BrFN/c1-17(19)10-8-12(9-11-17)15-6-7-16(20-15)13-4-2-3-5-14(13)18/h2-5,8-10,15H,6-7,11H2,1H3. The molecule has 2 atom stereocenters. The average molecular weight is 334 g/mol. The Bertz CT molecular complexity index is 613. The van der Waals surface area contributed by atoms with Crippen LogP contribution in [0.25, 0.3) is 0 Å². The van der Waals surface area contributed by atoms with Gasteiger partial charge in [0.1, 0.15) is 5.67 Å². The zero-order valence-electron chi connectivity index (χ0n) is 11.4. The van der Waals surface area contributed by atoms with E-state index in [4.69, 9.17) is 4.99 Å². The highest BCUT2D eigenvalue weighted by molar-refractivity contribution is 9.10. The van der Waals surface area contributed by atoms with E-state index in [0.717, 1.165) is 28.6 Å². The van der Waals surface area contributed by atoms with E-state index < -0.39 is 5.67 Å². The molecule has 0 aromatic heterocycles. The second-order valence-electron chi connectivity index (χ2n) is 5.63. The van der Waals surface area contributed by atoms with Crippen LogP contribution in [0.4, 0.5) is 4.39 Å². The van der Waals surface area contributed by atoms with Crippen LogP contribution in [0.5, 0.6) is 0 Å². The molecule has 0 saturated carbocycles. The summed E-state index contributed by atoms with van der Waals surface area (Å²) in [5, 5.41) is 0. The van der Waals surface area contributed by atoms with Crippen molar-refractivity contribution in [2.24, 2.45) is 4.99 Å². The second-order valence-corrected chi connectivity index (χ2v) is 6.48. The van der Waals surface area contributed by atoms with E-state index in [0.29, 0.717) is 6.42 Å². The number of halogens is 2. The Hall–Kier alpha value is -1.22. The van der Waals surface area contributed by atoms with Crippen LogP contribution in [-0.2, 0) is 0 Å². The molecule has 0 amide bonds. The van der Waals surface area contributed by atoms with Crippen molar-refractivity contribution >= 4 is 21.6 Å². The quantitative estimate of drug-likeness (QED) is 0.720. The van der Waals surface area contributed by atoms with Crippen LogP contribution in [0.1, 0.15) is 31.7 Å². The molecule has 3 heteroatoms. The van der Waals surface area contributed by atoms with Gasteiger partial charge in [-0.2, -0.15) is 0 Å². The van der Waals surface area contributed by atoms with Crippen molar-refractivity contribution < 1.29 is 4.39 Å². The molecule has 0 N–H and O–H groups in total. The normalized spacial score (nSPS) is 29.2. The molecule has 0 saturated heterocycles. The van der Waals surface area contributed by atoms with Gasteiger partial charge in [-0.15, -0.1) is 0 Å². The number of nitrogens with zero attached hydrogens (tertiary/aromatic N) is 1. The summed E-state index contributed by atoms with van der Waals surface area (Å²) in [5.41, 5.74) is 2.27. The summed E-state index contributed by atoms with van der Waals surface area (Å²) in [6, 6.07) is 8.36. The number of benzene rings is 1. The Morgan fingerprint density at radius 3 is 2.85 bits per heavy atom. The fraction of sp³-hybridized carbons (Fsp3) is 0.353. The van der Waals surface area contributed by atoms with Crippen LogP contribution < -0.4 is 0 Å². The SMILES string of the molecule is CC1(F)C=CC(C2CCC(c3ccccc3Br)=N2)=CC1. The lowest BCUT2D eigenvalue weighted by Crippen LogP contribution is -2.17.